The fourth-order valence-electron chi connectivity index (χ4n) is 3.53. The van der Waals surface area contributed by atoms with Gasteiger partial charge in [-0.1, -0.05) is 13.3 Å². The Morgan fingerprint density at radius 3 is 2.58 bits per heavy atom. The number of hydrogen-bond donors (Lipinski definition) is 3. The molecule has 3 N–H and O–H groups in total. The van der Waals surface area contributed by atoms with Crippen LogP contribution in [0.1, 0.15) is 39.0 Å². The van der Waals surface area contributed by atoms with E-state index in [1.807, 2.05) is 0 Å². The molecule has 150 valence electrons. The highest BCUT2D eigenvalue weighted by atomic mass is 35.5. The van der Waals surface area contributed by atoms with Crippen molar-refractivity contribution in [1.29, 1.82) is 0 Å². The van der Waals surface area contributed by atoms with E-state index in [4.69, 9.17) is 4.74 Å². The lowest BCUT2D eigenvalue weighted by molar-refractivity contribution is -0.136. The zero-order chi connectivity index (χ0) is 18.3. The highest BCUT2D eigenvalue weighted by Crippen LogP contribution is 2.37. The van der Waals surface area contributed by atoms with Gasteiger partial charge in [0.15, 0.2) is 0 Å². The molecule has 26 heavy (non-hydrogen) atoms. The van der Waals surface area contributed by atoms with Crippen molar-refractivity contribution in [2.24, 2.45) is 5.92 Å². The minimum Gasteiger partial charge on any atom is -0.383 e. The molecule has 1 spiro atoms. The van der Waals surface area contributed by atoms with Gasteiger partial charge in [0.05, 0.1) is 6.61 Å². The summed E-state index contributed by atoms with van der Waals surface area (Å²) in [5.41, 5.74) is -0.787. The molecule has 0 bridgehead atoms. The molecule has 2 aliphatic rings. The number of ether oxygens (including phenoxy) is 1. The van der Waals surface area contributed by atoms with Crippen molar-refractivity contribution < 1.29 is 19.1 Å². The third-order valence-electron chi connectivity index (χ3n) is 5.19. The van der Waals surface area contributed by atoms with Gasteiger partial charge in [0.2, 0.25) is 5.91 Å². The van der Waals surface area contributed by atoms with Crippen LogP contribution in [-0.4, -0.2) is 68.2 Å². The number of carbonyl (C=O) groups excluding carboxylic acids is 3. The van der Waals surface area contributed by atoms with Crippen LogP contribution < -0.4 is 16.0 Å². The van der Waals surface area contributed by atoms with Crippen LogP contribution in [-0.2, 0) is 14.3 Å². The summed E-state index contributed by atoms with van der Waals surface area (Å²) in [5, 5.41) is 8.67. The summed E-state index contributed by atoms with van der Waals surface area (Å²) in [5.74, 6) is 0.0510. The lowest BCUT2D eigenvalue weighted by Gasteiger charge is -2.34. The fraction of sp³-hybridized carbons (Fsp3) is 0.824. The van der Waals surface area contributed by atoms with Crippen molar-refractivity contribution in [3.63, 3.8) is 0 Å². The number of urea groups is 1. The molecule has 4 amide bonds. The third kappa shape index (κ3) is 5.56. The minimum atomic E-state index is -0.787. The van der Waals surface area contributed by atoms with Gasteiger partial charge in [-0.3, -0.25) is 14.5 Å². The summed E-state index contributed by atoms with van der Waals surface area (Å²) in [6, 6.07) is -0.451. The molecule has 0 aromatic carbocycles. The van der Waals surface area contributed by atoms with Crippen molar-refractivity contribution >= 4 is 30.3 Å². The second kappa shape index (κ2) is 10.7. The smallest absolute Gasteiger partial charge is 0.325 e. The molecule has 1 saturated carbocycles. The predicted octanol–water partition coefficient (Wildman–Crippen LogP) is 0.651. The molecule has 1 aliphatic heterocycles. The second-order valence-electron chi connectivity index (χ2n) is 6.85. The molecule has 2 rings (SSSR count). The largest absolute Gasteiger partial charge is 0.383 e. The minimum absolute atomic E-state index is 0. The second-order valence-corrected chi connectivity index (χ2v) is 6.85. The Morgan fingerprint density at radius 2 is 1.96 bits per heavy atom. The molecule has 1 saturated heterocycles. The van der Waals surface area contributed by atoms with Crippen molar-refractivity contribution in [3.05, 3.63) is 0 Å². The number of rotatable bonds is 9. The van der Waals surface area contributed by atoms with E-state index in [0.717, 1.165) is 24.2 Å². The first kappa shape index (κ1) is 22.7. The molecule has 2 fully saturated rings. The Labute approximate surface area is 161 Å². The maximum absolute atomic E-state index is 12.7. The van der Waals surface area contributed by atoms with Gasteiger partial charge in [0, 0.05) is 26.7 Å². The number of nitrogens with zero attached hydrogens (tertiary/aromatic N) is 1. The van der Waals surface area contributed by atoms with Crippen molar-refractivity contribution in [2.75, 3.05) is 39.9 Å². The van der Waals surface area contributed by atoms with Crippen LogP contribution in [0.5, 0.6) is 0 Å². The monoisotopic (exact) mass is 390 g/mol. The van der Waals surface area contributed by atoms with E-state index >= 15 is 0 Å². The van der Waals surface area contributed by atoms with E-state index in [1.54, 1.807) is 7.11 Å². The van der Waals surface area contributed by atoms with E-state index in [0.29, 0.717) is 45.0 Å². The van der Waals surface area contributed by atoms with Gasteiger partial charge < -0.3 is 20.7 Å². The van der Waals surface area contributed by atoms with E-state index in [-0.39, 0.29) is 30.8 Å². The molecule has 0 unspecified atom stereocenters. The first-order chi connectivity index (χ1) is 12.0. The summed E-state index contributed by atoms with van der Waals surface area (Å²) in [7, 11) is 1.63. The molecule has 0 aromatic rings. The number of nitrogens with one attached hydrogen (secondary N) is 3. The quantitative estimate of drug-likeness (QED) is 0.396. The van der Waals surface area contributed by atoms with E-state index in [9.17, 15) is 14.4 Å². The number of methoxy groups -OCH3 is 1. The topological polar surface area (TPSA) is 99.8 Å². The molecule has 0 atom stereocenters. The zero-order valence-electron chi connectivity index (χ0n) is 15.6. The molecule has 9 heteroatoms. The standard InChI is InChI=1S/C17H30N4O4.ClH/c1-3-13-4-6-17(7-5-13)15(23)21(16(24)20-17)12-14(22)19-9-8-18-10-11-25-2;/h13,18H,3-12H2,1-2H3,(H,19,22)(H,20,24);1H. The number of halogens is 1. The van der Waals surface area contributed by atoms with Crippen LogP contribution in [0.3, 0.4) is 0 Å². The van der Waals surface area contributed by atoms with Crippen molar-refractivity contribution in [2.45, 2.75) is 44.6 Å². The van der Waals surface area contributed by atoms with Crippen molar-refractivity contribution in [1.82, 2.24) is 20.9 Å². The van der Waals surface area contributed by atoms with Crippen LogP contribution in [0, 0.1) is 5.92 Å². The van der Waals surface area contributed by atoms with Crippen LogP contribution >= 0.6 is 12.4 Å². The fourth-order valence-corrected chi connectivity index (χ4v) is 3.53. The summed E-state index contributed by atoms with van der Waals surface area (Å²) in [6.07, 6.45) is 4.31. The third-order valence-corrected chi connectivity index (χ3v) is 5.19. The summed E-state index contributed by atoms with van der Waals surface area (Å²) in [4.78, 5) is 38.0. The Hall–Kier alpha value is -1.38. The van der Waals surface area contributed by atoms with E-state index in [2.05, 4.69) is 22.9 Å². The SMILES string of the molecule is CCC1CCC2(CC1)NC(=O)N(CC(=O)NCCNCCOC)C2=O.Cl. The number of hydrogen-bond acceptors (Lipinski definition) is 5. The summed E-state index contributed by atoms with van der Waals surface area (Å²) < 4.78 is 4.91. The predicted molar refractivity (Wildman–Crippen MR) is 100 cm³/mol. The summed E-state index contributed by atoms with van der Waals surface area (Å²) >= 11 is 0. The van der Waals surface area contributed by atoms with Crippen LogP contribution in [0.25, 0.3) is 0 Å². The van der Waals surface area contributed by atoms with Gasteiger partial charge in [0.25, 0.3) is 5.91 Å². The Morgan fingerprint density at radius 1 is 1.27 bits per heavy atom. The van der Waals surface area contributed by atoms with Gasteiger partial charge in [-0.2, -0.15) is 0 Å². The maximum Gasteiger partial charge on any atom is 0.325 e. The lowest BCUT2D eigenvalue weighted by atomic mass is 9.75. The Balaban J connectivity index is 0.00000338. The molecule has 8 nitrogen and oxygen atoms in total. The van der Waals surface area contributed by atoms with E-state index < -0.39 is 11.6 Å². The highest BCUT2D eigenvalue weighted by Gasteiger charge is 2.52. The molecular formula is C17H31ClN4O4. The number of imide groups is 1. The van der Waals surface area contributed by atoms with Gasteiger partial charge in [-0.15, -0.1) is 12.4 Å². The average Bonchev–Trinajstić information content (AvgIpc) is 2.83. The van der Waals surface area contributed by atoms with Gasteiger partial charge in [0.1, 0.15) is 12.1 Å². The molecule has 1 aliphatic carbocycles. The van der Waals surface area contributed by atoms with Crippen molar-refractivity contribution in [3.8, 4) is 0 Å². The normalized spacial score (nSPS) is 25.2. The highest BCUT2D eigenvalue weighted by molar-refractivity contribution is 6.09. The van der Waals surface area contributed by atoms with Crippen LogP contribution in [0.4, 0.5) is 4.79 Å². The number of amides is 4. The molecule has 0 aromatic heterocycles. The first-order valence-corrected chi connectivity index (χ1v) is 9.13. The Kier molecular flexibility index (Phi) is 9.32. The molecule has 0 radical (unpaired) electrons. The van der Waals surface area contributed by atoms with Crippen LogP contribution in [0.2, 0.25) is 0 Å². The first-order valence-electron chi connectivity index (χ1n) is 9.13. The maximum atomic E-state index is 12.7. The van der Waals surface area contributed by atoms with Gasteiger partial charge in [-0.05, 0) is 31.6 Å². The zero-order valence-corrected chi connectivity index (χ0v) is 16.5. The molecular weight excluding hydrogens is 360 g/mol. The lowest BCUT2D eigenvalue weighted by Crippen LogP contribution is -2.50. The molecule has 1 heterocycles. The average molecular weight is 391 g/mol. The van der Waals surface area contributed by atoms with E-state index in [1.165, 1.54) is 0 Å². The van der Waals surface area contributed by atoms with Gasteiger partial charge in [-0.25, -0.2) is 4.79 Å². The summed E-state index contributed by atoms with van der Waals surface area (Å²) in [6.45, 7) is 4.30. The van der Waals surface area contributed by atoms with Crippen LogP contribution in [0.15, 0.2) is 0 Å². The Bertz CT molecular complexity index is 495. The van der Waals surface area contributed by atoms with Gasteiger partial charge >= 0.3 is 6.03 Å². The number of carbonyl (C=O) groups is 3.